The Balaban J connectivity index is 1.92. The van der Waals surface area contributed by atoms with Crippen LogP contribution >= 0.6 is 0 Å². The number of nitrogens with one attached hydrogen (secondary N) is 1. The van der Waals surface area contributed by atoms with Crippen molar-refractivity contribution in [1.29, 1.82) is 0 Å². The monoisotopic (exact) mass is 327 g/mol. The summed E-state index contributed by atoms with van der Waals surface area (Å²) < 4.78 is 5.61. The molecule has 0 bridgehead atoms. The number of hydrogen-bond donors (Lipinski definition) is 1. The quantitative estimate of drug-likeness (QED) is 0.885. The van der Waals surface area contributed by atoms with Crippen LogP contribution in [0.25, 0.3) is 0 Å². The molecule has 0 saturated carbocycles. The molecule has 1 N–H and O–H groups in total. The van der Waals surface area contributed by atoms with E-state index in [1.165, 1.54) is 5.56 Å². The maximum absolute atomic E-state index is 12.0. The van der Waals surface area contributed by atoms with Gasteiger partial charge in [0.15, 0.2) is 6.61 Å². The zero-order chi connectivity index (χ0) is 17.7. The van der Waals surface area contributed by atoms with Gasteiger partial charge in [0.1, 0.15) is 5.82 Å². The Hall–Kier alpha value is -2.43. The fraction of sp³-hybridized carbons (Fsp3) is 0.421. The van der Waals surface area contributed by atoms with Gasteiger partial charge in [0, 0.05) is 23.7 Å². The molecule has 1 aromatic carbocycles. The van der Waals surface area contributed by atoms with Gasteiger partial charge in [-0.1, -0.05) is 43.7 Å². The maximum atomic E-state index is 12.0. The smallest absolute Gasteiger partial charge is 0.258 e. The van der Waals surface area contributed by atoms with Crippen LogP contribution in [0.4, 0.5) is 0 Å². The van der Waals surface area contributed by atoms with Gasteiger partial charge in [0.05, 0.1) is 0 Å². The molecule has 1 aromatic heterocycles. The topological polar surface area (TPSA) is 64.1 Å². The first-order chi connectivity index (χ1) is 11.4. The van der Waals surface area contributed by atoms with E-state index < -0.39 is 0 Å². The van der Waals surface area contributed by atoms with Crippen molar-refractivity contribution in [3.8, 4) is 5.88 Å². The van der Waals surface area contributed by atoms with Gasteiger partial charge in [-0.2, -0.15) is 4.98 Å². The van der Waals surface area contributed by atoms with E-state index in [-0.39, 0.29) is 18.4 Å². The molecule has 0 atom stereocenters. The summed E-state index contributed by atoms with van der Waals surface area (Å²) in [7, 11) is 0. The van der Waals surface area contributed by atoms with Gasteiger partial charge in [0.2, 0.25) is 5.88 Å². The molecule has 0 fully saturated rings. The van der Waals surface area contributed by atoms with E-state index in [0.717, 1.165) is 22.6 Å². The van der Waals surface area contributed by atoms with Crippen molar-refractivity contribution in [2.75, 3.05) is 6.61 Å². The highest BCUT2D eigenvalue weighted by atomic mass is 16.5. The Bertz CT molecular complexity index is 709. The molecule has 5 heteroatoms. The fourth-order valence-corrected chi connectivity index (χ4v) is 2.11. The van der Waals surface area contributed by atoms with Crippen LogP contribution in [-0.2, 0) is 11.3 Å². The Morgan fingerprint density at radius 1 is 1.12 bits per heavy atom. The van der Waals surface area contributed by atoms with Crippen LogP contribution in [0.15, 0.2) is 24.3 Å². The Labute approximate surface area is 143 Å². The van der Waals surface area contributed by atoms with Crippen LogP contribution in [0.1, 0.15) is 48.0 Å². The fourth-order valence-electron chi connectivity index (χ4n) is 2.11. The van der Waals surface area contributed by atoms with Gasteiger partial charge in [0.25, 0.3) is 5.91 Å². The van der Waals surface area contributed by atoms with Crippen molar-refractivity contribution in [2.45, 2.75) is 47.1 Å². The Kier molecular flexibility index (Phi) is 5.90. The molecule has 1 heterocycles. The largest absolute Gasteiger partial charge is 0.467 e. The molecule has 0 radical (unpaired) electrons. The molecular formula is C19H25N3O2. The lowest BCUT2D eigenvalue weighted by Gasteiger charge is -2.13. The molecule has 0 saturated heterocycles. The molecule has 128 valence electrons. The molecule has 0 aliphatic carbocycles. The molecule has 0 aliphatic heterocycles. The highest BCUT2D eigenvalue weighted by molar-refractivity contribution is 5.77. The van der Waals surface area contributed by atoms with E-state index in [2.05, 4.69) is 15.3 Å². The SMILES string of the molecule is Cc1ccc(CNC(=O)COc2nc(C(C)C)nc(C)c2C)cc1. The third-order valence-corrected chi connectivity index (χ3v) is 3.83. The van der Waals surface area contributed by atoms with E-state index in [1.54, 1.807) is 0 Å². The maximum Gasteiger partial charge on any atom is 0.258 e. The lowest BCUT2D eigenvalue weighted by atomic mass is 10.1. The summed E-state index contributed by atoms with van der Waals surface area (Å²) in [5, 5.41) is 2.85. The van der Waals surface area contributed by atoms with E-state index in [0.29, 0.717) is 12.4 Å². The van der Waals surface area contributed by atoms with Crippen molar-refractivity contribution < 1.29 is 9.53 Å². The van der Waals surface area contributed by atoms with E-state index in [9.17, 15) is 4.79 Å². The van der Waals surface area contributed by atoms with Crippen LogP contribution in [0.3, 0.4) is 0 Å². The first kappa shape index (κ1) is 17.9. The number of carbonyl (C=O) groups is 1. The average molecular weight is 327 g/mol. The van der Waals surface area contributed by atoms with Gasteiger partial charge in [-0.05, 0) is 26.3 Å². The predicted molar refractivity (Wildman–Crippen MR) is 94.1 cm³/mol. The molecule has 0 unspecified atom stereocenters. The average Bonchev–Trinajstić information content (AvgIpc) is 2.55. The lowest BCUT2D eigenvalue weighted by Crippen LogP contribution is -2.28. The highest BCUT2D eigenvalue weighted by Gasteiger charge is 2.13. The zero-order valence-electron chi connectivity index (χ0n) is 15.0. The van der Waals surface area contributed by atoms with Gasteiger partial charge in [-0.15, -0.1) is 0 Å². The summed E-state index contributed by atoms with van der Waals surface area (Å²) in [5.41, 5.74) is 4.00. The number of aryl methyl sites for hydroxylation is 2. The molecule has 0 spiro atoms. The summed E-state index contributed by atoms with van der Waals surface area (Å²) in [6.07, 6.45) is 0. The number of amides is 1. The summed E-state index contributed by atoms with van der Waals surface area (Å²) in [6, 6.07) is 8.06. The summed E-state index contributed by atoms with van der Waals surface area (Å²) in [6.45, 7) is 10.4. The number of benzene rings is 1. The van der Waals surface area contributed by atoms with Crippen molar-refractivity contribution in [2.24, 2.45) is 0 Å². The molecule has 24 heavy (non-hydrogen) atoms. The molecule has 0 aliphatic rings. The molecule has 2 aromatic rings. The number of aromatic nitrogens is 2. The number of nitrogens with zero attached hydrogens (tertiary/aromatic N) is 2. The summed E-state index contributed by atoms with van der Waals surface area (Å²) in [4.78, 5) is 20.9. The van der Waals surface area contributed by atoms with E-state index in [4.69, 9.17) is 4.74 Å². The molecule has 2 rings (SSSR count). The highest BCUT2D eigenvalue weighted by Crippen LogP contribution is 2.20. The first-order valence-corrected chi connectivity index (χ1v) is 8.17. The number of carbonyl (C=O) groups excluding carboxylic acids is 1. The van der Waals surface area contributed by atoms with Crippen LogP contribution in [0, 0.1) is 20.8 Å². The van der Waals surface area contributed by atoms with Gasteiger partial charge in [-0.25, -0.2) is 4.98 Å². The van der Waals surface area contributed by atoms with E-state index >= 15 is 0 Å². The molecule has 5 nitrogen and oxygen atoms in total. The second-order valence-corrected chi connectivity index (χ2v) is 6.30. The zero-order valence-corrected chi connectivity index (χ0v) is 15.0. The third-order valence-electron chi connectivity index (χ3n) is 3.83. The van der Waals surface area contributed by atoms with Crippen LogP contribution < -0.4 is 10.1 Å². The molecule has 1 amide bonds. The minimum Gasteiger partial charge on any atom is -0.467 e. The van der Waals surface area contributed by atoms with Crippen molar-refractivity contribution >= 4 is 5.91 Å². The second kappa shape index (κ2) is 7.90. The van der Waals surface area contributed by atoms with E-state index in [1.807, 2.05) is 58.9 Å². The number of rotatable bonds is 6. The van der Waals surface area contributed by atoms with Crippen LogP contribution in [0.2, 0.25) is 0 Å². The third kappa shape index (κ3) is 4.78. The van der Waals surface area contributed by atoms with Crippen LogP contribution in [-0.4, -0.2) is 22.5 Å². The number of ether oxygens (including phenoxy) is 1. The van der Waals surface area contributed by atoms with Crippen molar-refractivity contribution in [3.05, 3.63) is 52.5 Å². The standard InChI is InChI=1S/C19H25N3O2/c1-12(2)18-21-15(5)14(4)19(22-18)24-11-17(23)20-10-16-8-6-13(3)7-9-16/h6-9,12H,10-11H2,1-5H3,(H,20,23). The van der Waals surface area contributed by atoms with Gasteiger partial charge >= 0.3 is 0 Å². The predicted octanol–water partition coefficient (Wildman–Crippen LogP) is 3.22. The Morgan fingerprint density at radius 2 is 1.79 bits per heavy atom. The first-order valence-electron chi connectivity index (χ1n) is 8.17. The normalized spacial score (nSPS) is 10.8. The number of hydrogen-bond acceptors (Lipinski definition) is 4. The summed E-state index contributed by atoms with van der Waals surface area (Å²) in [5.74, 6) is 1.25. The van der Waals surface area contributed by atoms with Gasteiger partial charge < -0.3 is 10.1 Å². The minimum absolute atomic E-state index is 0.0549. The lowest BCUT2D eigenvalue weighted by molar-refractivity contribution is -0.123. The molecular weight excluding hydrogens is 302 g/mol. The van der Waals surface area contributed by atoms with Crippen LogP contribution in [0.5, 0.6) is 5.88 Å². The van der Waals surface area contributed by atoms with Crippen molar-refractivity contribution in [3.63, 3.8) is 0 Å². The van der Waals surface area contributed by atoms with Gasteiger partial charge in [-0.3, -0.25) is 4.79 Å². The van der Waals surface area contributed by atoms with Crippen molar-refractivity contribution in [1.82, 2.24) is 15.3 Å². The summed E-state index contributed by atoms with van der Waals surface area (Å²) >= 11 is 0. The second-order valence-electron chi connectivity index (χ2n) is 6.30. The minimum atomic E-state index is -0.169. The Morgan fingerprint density at radius 3 is 2.42 bits per heavy atom.